The average molecular weight is 408 g/mol. The van der Waals surface area contributed by atoms with Crippen LogP contribution in [0.3, 0.4) is 0 Å². The van der Waals surface area contributed by atoms with Gasteiger partial charge >= 0.3 is 6.03 Å². The van der Waals surface area contributed by atoms with Gasteiger partial charge < -0.3 is 19.7 Å². The lowest BCUT2D eigenvalue weighted by atomic mass is 10.1. The van der Waals surface area contributed by atoms with Crippen molar-refractivity contribution in [3.8, 4) is 11.6 Å². The lowest BCUT2D eigenvalue weighted by molar-refractivity contribution is 0.225. The first-order valence-electron chi connectivity index (χ1n) is 9.30. The quantitative estimate of drug-likeness (QED) is 0.539. The van der Waals surface area contributed by atoms with Crippen molar-refractivity contribution in [2.75, 3.05) is 26.0 Å². The Morgan fingerprint density at radius 3 is 2.47 bits per heavy atom. The van der Waals surface area contributed by atoms with Gasteiger partial charge in [-0.25, -0.2) is 9.18 Å². The van der Waals surface area contributed by atoms with Crippen molar-refractivity contribution in [1.29, 1.82) is 0 Å². The van der Waals surface area contributed by atoms with Crippen molar-refractivity contribution in [2.45, 2.75) is 6.54 Å². The number of aromatic hydroxyl groups is 2. The van der Waals surface area contributed by atoms with Gasteiger partial charge in [-0.3, -0.25) is 9.88 Å². The van der Waals surface area contributed by atoms with Crippen molar-refractivity contribution in [3.63, 3.8) is 0 Å². The number of hydrogen-bond acceptors (Lipinski definition) is 4. The summed E-state index contributed by atoms with van der Waals surface area (Å²) >= 11 is 0. The molecule has 0 aliphatic carbocycles. The zero-order chi connectivity index (χ0) is 21.6. The van der Waals surface area contributed by atoms with Crippen LogP contribution >= 0.6 is 0 Å². The molecule has 4 aromatic rings. The Labute approximate surface area is 172 Å². The third-order valence-electron chi connectivity index (χ3n) is 5.10. The molecule has 154 valence electrons. The molecule has 2 amide bonds. The Balaban J connectivity index is 1.99. The van der Waals surface area contributed by atoms with Crippen LogP contribution in [0.25, 0.3) is 21.7 Å². The van der Waals surface area contributed by atoms with Crippen LogP contribution in [0.2, 0.25) is 0 Å². The molecule has 0 bridgehead atoms. The Hall–Kier alpha value is -3.81. The van der Waals surface area contributed by atoms with Crippen LogP contribution in [0.4, 0.5) is 14.9 Å². The highest BCUT2D eigenvalue weighted by Gasteiger charge is 2.25. The van der Waals surface area contributed by atoms with Gasteiger partial charge in [0.15, 0.2) is 5.75 Å². The van der Waals surface area contributed by atoms with Crippen LogP contribution in [-0.2, 0) is 6.54 Å². The number of pyridine rings is 1. The molecule has 7 nitrogen and oxygen atoms in total. The second-order valence-electron chi connectivity index (χ2n) is 7.33. The number of amides is 2. The minimum Gasteiger partial charge on any atom is -0.505 e. The van der Waals surface area contributed by atoms with Crippen molar-refractivity contribution >= 4 is 33.4 Å². The maximum atomic E-state index is 13.2. The SMILES string of the molecule is CN(C)C(=O)N(C)c1c2cccnc2c(O)c2c(O)n(Cc3ccc(F)cc3)cc12. The van der Waals surface area contributed by atoms with Gasteiger partial charge in [0.05, 0.1) is 17.6 Å². The third kappa shape index (κ3) is 3.06. The summed E-state index contributed by atoms with van der Waals surface area (Å²) < 4.78 is 14.8. The predicted molar refractivity (Wildman–Crippen MR) is 114 cm³/mol. The van der Waals surface area contributed by atoms with Crippen molar-refractivity contribution in [3.05, 3.63) is 60.2 Å². The first kappa shape index (κ1) is 19.5. The average Bonchev–Trinajstić information content (AvgIpc) is 3.05. The van der Waals surface area contributed by atoms with Crippen LogP contribution in [-0.4, -0.2) is 51.8 Å². The molecule has 0 atom stereocenters. The highest BCUT2D eigenvalue weighted by molar-refractivity contribution is 6.19. The van der Waals surface area contributed by atoms with Gasteiger partial charge in [0.1, 0.15) is 11.3 Å². The van der Waals surface area contributed by atoms with E-state index in [0.717, 1.165) is 5.56 Å². The summed E-state index contributed by atoms with van der Waals surface area (Å²) in [6, 6.07) is 9.17. The molecule has 0 unspecified atom stereocenters. The summed E-state index contributed by atoms with van der Waals surface area (Å²) in [5.74, 6) is -0.668. The molecule has 30 heavy (non-hydrogen) atoms. The molecule has 0 spiro atoms. The molecule has 2 aromatic heterocycles. The van der Waals surface area contributed by atoms with Gasteiger partial charge in [-0.05, 0) is 29.8 Å². The number of carbonyl (C=O) groups is 1. The van der Waals surface area contributed by atoms with Gasteiger partial charge in [0, 0.05) is 44.3 Å². The summed E-state index contributed by atoms with van der Waals surface area (Å²) in [5, 5.41) is 23.0. The first-order chi connectivity index (χ1) is 14.3. The predicted octanol–water partition coefficient (Wildman–Crippen LogP) is 3.91. The molecule has 0 aliphatic rings. The van der Waals surface area contributed by atoms with E-state index in [0.29, 0.717) is 16.5 Å². The molecule has 0 saturated carbocycles. The molecular weight excluding hydrogens is 387 g/mol. The Morgan fingerprint density at radius 1 is 1.10 bits per heavy atom. The molecule has 2 N–H and O–H groups in total. The summed E-state index contributed by atoms with van der Waals surface area (Å²) in [7, 11) is 4.93. The maximum absolute atomic E-state index is 13.2. The molecule has 2 heterocycles. The number of halogens is 1. The second-order valence-corrected chi connectivity index (χ2v) is 7.33. The molecule has 0 fully saturated rings. The number of phenols is 1. The lowest BCUT2D eigenvalue weighted by Gasteiger charge is -2.24. The number of nitrogens with zero attached hydrogens (tertiary/aromatic N) is 4. The van der Waals surface area contributed by atoms with E-state index in [1.54, 1.807) is 56.2 Å². The number of fused-ring (bicyclic) bond motifs is 2. The molecule has 0 aliphatic heterocycles. The van der Waals surface area contributed by atoms with E-state index in [2.05, 4.69) is 4.98 Å². The number of carbonyl (C=O) groups excluding carboxylic acids is 1. The second kappa shape index (κ2) is 7.22. The van der Waals surface area contributed by atoms with Gasteiger partial charge in [-0.2, -0.15) is 0 Å². The van der Waals surface area contributed by atoms with E-state index in [1.807, 2.05) is 0 Å². The lowest BCUT2D eigenvalue weighted by Crippen LogP contribution is -2.36. The molecule has 0 radical (unpaired) electrons. The van der Waals surface area contributed by atoms with Crippen LogP contribution in [0, 0.1) is 5.82 Å². The third-order valence-corrected chi connectivity index (χ3v) is 5.10. The summed E-state index contributed by atoms with van der Waals surface area (Å²) in [4.78, 5) is 19.9. The highest BCUT2D eigenvalue weighted by Crippen LogP contribution is 2.46. The fraction of sp³-hybridized carbons (Fsp3) is 0.182. The highest BCUT2D eigenvalue weighted by atomic mass is 19.1. The molecular formula is C22H21FN4O3. The first-order valence-corrected chi connectivity index (χ1v) is 9.30. The summed E-state index contributed by atoms with van der Waals surface area (Å²) in [5.41, 5.74) is 1.58. The van der Waals surface area contributed by atoms with Crippen LogP contribution in [0.15, 0.2) is 48.8 Å². The number of aromatic nitrogens is 2. The fourth-order valence-corrected chi connectivity index (χ4v) is 3.67. The van der Waals surface area contributed by atoms with Crippen LogP contribution < -0.4 is 4.90 Å². The van der Waals surface area contributed by atoms with Crippen LogP contribution in [0.1, 0.15) is 5.56 Å². The van der Waals surface area contributed by atoms with Gasteiger partial charge in [-0.1, -0.05) is 12.1 Å². The monoisotopic (exact) mass is 408 g/mol. The van der Waals surface area contributed by atoms with E-state index >= 15 is 0 Å². The minimum atomic E-state index is -0.346. The zero-order valence-corrected chi connectivity index (χ0v) is 16.8. The Kier molecular flexibility index (Phi) is 4.69. The van der Waals surface area contributed by atoms with E-state index in [-0.39, 0.29) is 40.9 Å². The van der Waals surface area contributed by atoms with Crippen molar-refractivity contribution in [1.82, 2.24) is 14.5 Å². The van der Waals surface area contributed by atoms with Gasteiger partial charge in [0.2, 0.25) is 5.88 Å². The van der Waals surface area contributed by atoms with Gasteiger partial charge in [0.25, 0.3) is 0 Å². The molecule has 0 saturated heterocycles. The Morgan fingerprint density at radius 2 is 1.80 bits per heavy atom. The number of urea groups is 1. The minimum absolute atomic E-state index is 0.161. The largest absolute Gasteiger partial charge is 0.505 e. The molecule has 2 aromatic carbocycles. The summed E-state index contributed by atoms with van der Waals surface area (Å²) in [6.07, 6.45) is 3.22. The van der Waals surface area contributed by atoms with Crippen LogP contribution in [0.5, 0.6) is 11.6 Å². The maximum Gasteiger partial charge on any atom is 0.323 e. The van der Waals surface area contributed by atoms with E-state index in [4.69, 9.17) is 0 Å². The van der Waals surface area contributed by atoms with E-state index in [1.165, 1.54) is 28.1 Å². The van der Waals surface area contributed by atoms with E-state index in [9.17, 15) is 19.4 Å². The molecule has 4 rings (SSSR count). The van der Waals surface area contributed by atoms with Crippen molar-refractivity contribution < 1.29 is 19.4 Å². The topological polar surface area (TPSA) is 81.8 Å². The number of benzene rings is 2. The standard InChI is InChI=1S/C22H21FN4O3/c1-25(2)22(30)26(3)19-15-5-4-10-24-18(15)20(28)17-16(19)12-27(21(17)29)11-13-6-8-14(23)9-7-13/h4-10,12,28-29H,11H2,1-3H3. The number of anilines is 1. The smallest absolute Gasteiger partial charge is 0.323 e. The fourth-order valence-electron chi connectivity index (χ4n) is 3.67. The zero-order valence-electron chi connectivity index (χ0n) is 16.8. The van der Waals surface area contributed by atoms with E-state index < -0.39 is 0 Å². The Bertz CT molecular complexity index is 1270. The number of phenolic OH excluding ortho intramolecular Hbond substituents is 1. The van der Waals surface area contributed by atoms with Gasteiger partial charge in [-0.15, -0.1) is 0 Å². The normalized spacial score (nSPS) is 11.2. The summed E-state index contributed by atoms with van der Waals surface area (Å²) in [6.45, 7) is 0.259. The number of hydrogen-bond donors (Lipinski definition) is 2. The number of rotatable bonds is 3. The van der Waals surface area contributed by atoms with Crippen molar-refractivity contribution in [2.24, 2.45) is 0 Å². The molecule has 8 heteroatoms.